The first kappa shape index (κ1) is 19.4. The number of benzene rings is 3. The van der Waals surface area contributed by atoms with Crippen molar-refractivity contribution in [2.24, 2.45) is 5.14 Å². The lowest BCUT2D eigenvalue weighted by atomic mass is 10.1. The van der Waals surface area contributed by atoms with Crippen molar-refractivity contribution in [2.45, 2.75) is 11.3 Å². The van der Waals surface area contributed by atoms with Crippen LogP contribution in [0.4, 0.5) is 0 Å². The molecule has 1 heterocycles. The molecule has 146 valence electrons. The number of aromatic nitrogens is 1. The Kier molecular flexibility index (Phi) is 5.24. The Morgan fingerprint density at radius 1 is 0.931 bits per heavy atom. The third kappa shape index (κ3) is 4.24. The molecule has 29 heavy (non-hydrogen) atoms. The topological polar surface area (TPSA) is 86.2 Å². The van der Waals surface area contributed by atoms with E-state index in [0.29, 0.717) is 39.9 Å². The van der Waals surface area contributed by atoms with E-state index < -0.39 is 10.0 Å². The summed E-state index contributed by atoms with van der Waals surface area (Å²) in [4.78, 5) is 4.61. The fraction of sp³-hybridized carbons (Fsp3) is 0.0455. The standard InChI is InChI=1S/C22H17ClN2O3S/c23-17-10-6-9-16(14-17)22-21(18-11-4-5-12-19(18)29(24,26)27)25-20(28-22)13-15-7-2-1-3-8-15/h1-12,14H,13H2,(H2,24,26,27). The number of oxazole rings is 1. The van der Waals surface area contributed by atoms with Gasteiger partial charge in [0.05, 0.1) is 4.90 Å². The van der Waals surface area contributed by atoms with Gasteiger partial charge in [0.15, 0.2) is 11.7 Å². The molecule has 5 nitrogen and oxygen atoms in total. The summed E-state index contributed by atoms with van der Waals surface area (Å²) in [5.41, 5.74) is 2.51. The van der Waals surface area contributed by atoms with Gasteiger partial charge < -0.3 is 4.42 Å². The number of halogens is 1. The van der Waals surface area contributed by atoms with Crippen LogP contribution in [0.15, 0.2) is 88.2 Å². The molecule has 0 unspecified atom stereocenters. The third-order valence-corrected chi connectivity index (χ3v) is 5.61. The normalized spacial score (nSPS) is 11.5. The molecule has 4 rings (SSSR count). The van der Waals surface area contributed by atoms with E-state index in [1.807, 2.05) is 36.4 Å². The van der Waals surface area contributed by atoms with Crippen molar-refractivity contribution in [2.75, 3.05) is 0 Å². The van der Waals surface area contributed by atoms with Crippen LogP contribution in [0.3, 0.4) is 0 Å². The molecule has 0 aliphatic carbocycles. The number of hydrogen-bond donors (Lipinski definition) is 1. The minimum Gasteiger partial charge on any atom is -0.440 e. The van der Waals surface area contributed by atoms with Crippen LogP contribution in [0.1, 0.15) is 11.5 Å². The smallest absolute Gasteiger partial charge is 0.238 e. The average Bonchev–Trinajstić information content (AvgIpc) is 3.12. The van der Waals surface area contributed by atoms with Crippen LogP contribution in [0.2, 0.25) is 5.02 Å². The van der Waals surface area contributed by atoms with Crippen LogP contribution in [-0.4, -0.2) is 13.4 Å². The van der Waals surface area contributed by atoms with Crippen molar-refractivity contribution < 1.29 is 12.8 Å². The Bertz CT molecular complexity index is 1270. The van der Waals surface area contributed by atoms with Crippen LogP contribution >= 0.6 is 11.6 Å². The predicted molar refractivity (Wildman–Crippen MR) is 113 cm³/mol. The summed E-state index contributed by atoms with van der Waals surface area (Å²) >= 11 is 6.16. The van der Waals surface area contributed by atoms with Gasteiger partial charge in [0, 0.05) is 22.6 Å². The fourth-order valence-corrected chi connectivity index (χ4v) is 4.06. The molecule has 0 bridgehead atoms. The van der Waals surface area contributed by atoms with Crippen molar-refractivity contribution in [3.05, 3.63) is 95.3 Å². The van der Waals surface area contributed by atoms with Crippen LogP contribution in [0, 0.1) is 0 Å². The lowest BCUT2D eigenvalue weighted by Gasteiger charge is -2.07. The second-order valence-electron chi connectivity index (χ2n) is 6.50. The van der Waals surface area contributed by atoms with E-state index in [1.165, 1.54) is 6.07 Å². The summed E-state index contributed by atoms with van der Waals surface area (Å²) in [6.45, 7) is 0. The molecule has 0 spiro atoms. The van der Waals surface area contributed by atoms with Crippen molar-refractivity contribution in [3.63, 3.8) is 0 Å². The van der Waals surface area contributed by atoms with E-state index in [-0.39, 0.29) is 4.90 Å². The molecule has 1 aromatic heterocycles. The van der Waals surface area contributed by atoms with Gasteiger partial charge in [0.25, 0.3) is 0 Å². The van der Waals surface area contributed by atoms with Gasteiger partial charge in [-0.05, 0) is 23.8 Å². The Hall–Kier alpha value is -2.93. The summed E-state index contributed by atoms with van der Waals surface area (Å²) < 4.78 is 30.3. The first-order valence-corrected chi connectivity index (χ1v) is 10.8. The highest BCUT2D eigenvalue weighted by molar-refractivity contribution is 7.89. The molecular formula is C22H17ClN2O3S. The van der Waals surface area contributed by atoms with E-state index in [2.05, 4.69) is 4.98 Å². The molecule has 0 amide bonds. The van der Waals surface area contributed by atoms with Gasteiger partial charge in [-0.1, -0.05) is 72.3 Å². The largest absolute Gasteiger partial charge is 0.440 e. The molecule has 3 aromatic carbocycles. The molecule has 0 radical (unpaired) electrons. The number of nitrogens with two attached hydrogens (primary N) is 1. The molecular weight excluding hydrogens is 408 g/mol. The number of sulfonamides is 1. The fourth-order valence-electron chi connectivity index (χ4n) is 3.13. The first-order chi connectivity index (χ1) is 13.9. The Morgan fingerprint density at radius 3 is 2.38 bits per heavy atom. The van der Waals surface area contributed by atoms with Crippen molar-refractivity contribution in [1.29, 1.82) is 0 Å². The van der Waals surface area contributed by atoms with Crippen LogP contribution < -0.4 is 5.14 Å². The zero-order chi connectivity index (χ0) is 20.4. The van der Waals surface area contributed by atoms with Gasteiger partial charge >= 0.3 is 0 Å². The highest BCUT2D eigenvalue weighted by Gasteiger charge is 2.23. The van der Waals surface area contributed by atoms with E-state index in [9.17, 15) is 8.42 Å². The maximum atomic E-state index is 12.1. The molecule has 0 saturated carbocycles. The highest BCUT2D eigenvalue weighted by Crippen LogP contribution is 2.36. The van der Waals surface area contributed by atoms with Crippen molar-refractivity contribution in [3.8, 4) is 22.6 Å². The molecule has 0 atom stereocenters. The monoisotopic (exact) mass is 424 g/mol. The van der Waals surface area contributed by atoms with Crippen LogP contribution in [0.25, 0.3) is 22.6 Å². The minimum atomic E-state index is -3.95. The SMILES string of the molecule is NS(=O)(=O)c1ccccc1-c1nc(Cc2ccccc2)oc1-c1cccc(Cl)c1. The summed E-state index contributed by atoms with van der Waals surface area (Å²) in [6, 6.07) is 23.4. The summed E-state index contributed by atoms with van der Waals surface area (Å²) in [6.07, 6.45) is 0.464. The Balaban J connectivity index is 1.91. The lowest BCUT2D eigenvalue weighted by molar-refractivity contribution is 0.519. The van der Waals surface area contributed by atoms with Gasteiger partial charge in [-0.2, -0.15) is 0 Å². The van der Waals surface area contributed by atoms with E-state index in [4.69, 9.17) is 21.2 Å². The molecule has 0 fully saturated rings. The maximum Gasteiger partial charge on any atom is 0.238 e. The Morgan fingerprint density at radius 2 is 1.66 bits per heavy atom. The lowest BCUT2D eigenvalue weighted by Crippen LogP contribution is -2.13. The summed E-state index contributed by atoms with van der Waals surface area (Å²) in [7, 11) is -3.95. The van der Waals surface area contributed by atoms with E-state index in [1.54, 1.807) is 36.4 Å². The van der Waals surface area contributed by atoms with Gasteiger partial charge in [0.2, 0.25) is 10.0 Å². The van der Waals surface area contributed by atoms with E-state index in [0.717, 1.165) is 5.56 Å². The average molecular weight is 425 g/mol. The van der Waals surface area contributed by atoms with Crippen LogP contribution in [0.5, 0.6) is 0 Å². The third-order valence-electron chi connectivity index (χ3n) is 4.41. The highest BCUT2D eigenvalue weighted by atomic mass is 35.5. The number of rotatable bonds is 5. The second kappa shape index (κ2) is 7.83. The second-order valence-corrected chi connectivity index (χ2v) is 8.47. The van der Waals surface area contributed by atoms with Gasteiger partial charge in [0.1, 0.15) is 5.69 Å². The molecule has 7 heteroatoms. The number of nitrogens with zero attached hydrogens (tertiary/aromatic N) is 1. The van der Waals surface area contributed by atoms with Crippen LogP contribution in [-0.2, 0) is 16.4 Å². The van der Waals surface area contributed by atoms with Crippen molar-refractivity contribution >= 4 is 21.6 Å². The Labute approximate surface area is 173 Å². The summed E-state index contributed by atoms with van der Waals surface area (Å²) in [5.74, 6) is 0.903. The number of hydrogen-bond acceptors (Lipinski definition) is 4. The zero-order valence-electron chi connectivity index (χ0n) is 15.2. The maximum absolute atomic E-state index is 12.1. The molecule has 4 aromatic rings. The van der Waals surface area contributed by atoms with Crippen molar-refractivity contribution in [1.82, 2.24) is 4.98 Å². The number of primary sulfonamides is 1. The van der Waals surface area contributed by atoms with Gasteiger partial charge in [-0.3, -0.25) is 0 Å². The quantitative estimate of drug-likeness (QED) is 0.493. The predicted octanol–water partition coefficient (Wildman–Crippen LogP) is 4.90. The molecule has 2 N–H and O–H groups in total. The van der Waals surface area contributed by atoms with Gasteiger partial charge in [-0.25, -0.2) is 18.5 Å². The summed E-state index contributed by atoms with van der Waals surface area (Å²) in [5, 5.41) is 5.97. The van der Waals surface area contributed by atoms with E-state index >= 15 is 0 Å². The molecule has 0 aliphatic heterocycles. The molecule has 0 saturated heterocycles. The minimum absolute atomic E-state index is 0.0113. The zero-order valence-corrected chi connectivity index (χ0v) is 16.8. The molecule has 0 aliphatic rings. The van der Waals surface area contributed by atoms with Gasteiger partial charge in [-0.15, -0.1) is 0 Å². The first-order valence-electron chi connectivity index (χ1n) is 8.83.